The Hall–Kier alpha value is -4.62. The number of ether oxygens (including phenoxy) is 1. The van der Waals surface area contributed by atoms with Gasteiger partial charge >= 0.3 is 6.09 Å². The number of piperidine rings is 1. The van der Waals surface area contributed by atoms with E-state index in [0.29, 0.717) is 41.2 Å². The number of nitrogens with one attached hydrogen (secondary N) is 1. The van der Waals surface area contributed by atoms with Crippen molar-refractivity contribution in [3.8, 4) is 11.4 Å². The van der Waals surface area contributed by atoms with E-state index in [1.165, 1.54) is 18.1 Å². The molecule has 40 heavy (non-hydrogen) atoms. The van der Waals surface area contributed by atoms with Crippen LogP contribution in [0.3, 0.4) is 0 Å². The van der Waals surface area contributed by atoms with Crippen molar-refractivity contribution < 1.29 is 23.1 Å². The lowest BCUT2D eigenvalue weighted by Crippen LogP contribution is -2.51. The number of aromatic nitrogens is 6. The molecule has 0 bridgehead atoms. The smallest absolute Gasteiger partial charge is 0.409 e. The van der Waals surface area contributed by atoms with Gasteiger partial charge in [0.1, 0.15) is 6.04 Å². The first kappa shape index (κ1) is 25.6. The van der Waals surface area contributed by atoms with Crippen molar-refractivity contribution in [2.24, 2.45) is 0 Å². The molecule has 3 aromatic heterocycles. The molecule has 2 fully saturated rings. The number of rotatable bonds is 5. The molecule has 12 nitrogen and oxygen atoms in total. The van der Waals surface area contributed by atoms with Gasteiger partial charge in [0.15, 0.2) is 0 Å². The lowest BCUT2D eigenvalue weighted by molar-refractivity contribution is -0.0220. The molecule has 0 spiro atoms. The molecule has 2 aliphatic rings. The minimum Gasteiger partial charge on any atom is -0.453 e. The minimum atomic E-state index is -2.64. The largest absolute Gasteiger partial charge is 0.453 e. The van der Waals surface area contributed by atoms with Crippen LogP contribution in [0.2, 0.25) is 0 Å². The molecule has 1 aromatic carbocycles. The lowest BCUT2D eigenvalue weighted by atomic mass is 10.1. The Morgan fingerprint density at radius 3 is 2.65 bits per heavy atom. The fraction of sp³-hybridized carbons (Fsp3) is 0.385. The zero-order chi connectivity index (χ0) is 28.0. The number of amides is 2. The van der Waals surface area contributed by atoms with Crippen molar-refractivity contribution in [2.45, 2.75) is 31.7 Å². The average molecular weight is 552 g/mol. The Labute approximate surface area is 227 Å². The molecule has 0 saturated carbocycles. The molecule has 6 rings (SSSR count). The minimum absolute atomic E-state index is 0.0908. The van der Waals surface area contributed by atoms with Crippen molar-refractivity contribution in [2.75, 3.05) is 43.5 Å². The van der Waals surface area contributed by atoms with Crippen LogP contribution in [0.15, 0.2) is 42.7 Å². The topological polar surface area (TPSA) is 123 Å². The van der Waals surface area contributed by atoms with Crippen LogP contribution in [0.25, 0.3) is 16.9 Å². The molecule has 2 amide bonds. The molecule has 14 heteroatoms. The predicted octanol–water partition coefficient (Wildman–Crippen LogP) is 3.41. The summed E-state index contributed by atoms with van der Waals surface area (Å²) in [6.07, 6.45) is 2.42. The van der Waals surface area contributed by atoms with E-state index in [1.54, 1.807) is 27.7 Å². The molecule has 2 aliphatic heterocycles. The number of halogens is 2. The van der Waals surface area contributed by atoms with Crippen molar-refractivity contribution in [3.05, 3.63) is 53.9 Å². The highest BCUT2D eigenvalue weighted by Gasteiger charge is 2.35. The summed E-state index contributed by atoms with van der Waals surface area (Å²) in [5.41, 5.74) is 3.79. The zero-order valence-corrected chi connectivity index (χ0v) is 21.9. The number of pyridine rings is 1. The van der Waals surface area contributed by atoms with Crippen molar-refractivity contribution in [1.29, 1.82) is 0 Å². The number of hydrogen-bond donors (Lipinski definition) is 1. The number of tetrazole rings is 1. The summed E-state index contributed by atoms with van der Waals surface area (Å²) >= 11 is 0. The maximum Gasteiger partial charge on any atom is 0.409 e. The highest BCUT2D eigenvalue weighted by molar-refractivity contribution is 6.09. The fourth-order valence-electron chi connectivity index (χ4n) is 4.89. The molecule has 0 radical (unpaired) electrons. The highest BCUT2D eigenvalue weighted by atomic mass is 19.3. The van der Waals surface area contributed by atoms with E-state index < -0.39 is 12.0 Å². The second-order valence-corrected chi connectivity index (χ2v) is 10.1. The van der Waals surface area contributed by atoms with Crippen molar-refractivity contribution in [1.82, 2.24) is 34.7 Å². The first-order chi connectivity index (χ1) is 19.2. The van der Waals surface area contributed by atoms with Crippen LogP contribution in [-0.4, -0.2) is 85.9 Å². The van der Waals surface area contributed by atoms with Crippen LogP contribution in [0.1, 0.15) is 34.8 Å². The lowest BCUT2D eigenvalue weighted by Gasteiger charge is -2.36. The second-order valence-electron chi connectivity index (χ2n) is 10.1. The van der Waals surface area contributed by atoms with Crippen LogP contribution >= 0.6 is 0 Å². The second kappa shape index (κ2) is 9.84. The number of aryl methyl sites for hydroxylation is 1. The number of carbonyl (C=O) groups excluding carboxylic acids is 2. The summed E-state index contributed by atoms with van der Waals surface area (Å²) < 4.78 is 33.6. The van der Waals surface area contributed by atoms with Crippen LogP contribution in [0.4, 0.5) is 25.0 Å². The number of likely N-dealkylation sites (tertiary alicyclic amines) is 1. The highest BCUT2D eigenvalue weighted by Crippen LogP contribution is 2.31. The number of nitrogens with zero attached hydrogens (tertiary/aromatic N) is 8. The maximum atomic E-state index is 13.6. The van der Waals surface area contributed by atoms with E-state index >= 15 is 0 Å². The molecule has 0 unspecified atom stereocenters. The summed E-state index contributed by atoms with van der Waals surface area (Å²) in [7, 11) is 1.34. The summed E-state index contributed by atoms with van der Waals surface area (Å²) in [6.45, 7) is 3.23. The number of benzene rings is 1. The van der Waals surface area contributed by atoms with Crippen molar-refractivity contribution >= 4 is 28.9 Å². The molecular formula is C26H27F2N9O3. The van der Waals surface area contributed by atoms with Gasteiger partial charge < -0.3 is 19.9 Å². The zero-order valence-electron chi connectivity index (χ0n) is 21.9. The van der Waals surface area contributed by atoms with Gasteiger partial charge in [0.05, 0.1) is 37.5 Å². The standard InChI is InChI=1S/C26H27F2N9O3/c1-16-3-4-17(23-31-33-37(32-23)19-14-35(15-19)25(39)40-2)11-21(16)30-24(38)20-13-29-36-8-5-18(12-22(20)36)34-9-6-26(27,28)7-10-34/h3-5,8,11-13,19H,6-7,9-10,14-15H2,1-2H3,(H,30,38). The summed E-state index contributed by atoms with van der Waals surface area (Å²) in [5.74, 6) is -2.60. The predicted molar refractivity (Wildman–Crippen MR) is 141 cm³/mol. The number of hydrogen-bond acceptors (Lipinski definition) is 8. The Bertz CT molecular complexity index is 1590. The van der Waals surface area contributed by atoms with Crippen LogP contribution < -0.4 is 10.2 Å². The summed E-state index contributed by atoms with van der Waals surface area (Å²) in [6, 6.07) is 9.01. The summed E-state index contributed by atoms with van der Waals surface area (Å²) in [5, 5.41) is 20.0. The quantitative estimate of drug-likeness (QED) is 0.401. The first-order valence-corrected chi connectivity index (χ1v) is 12.9. The third-order valence-electron chi connectivity index (χ3n) is 7.40. The molecule has 2 saturated heterocycles. The summed E-state index contributed by atoms with van der Waals surface area (Å²) in [4.78, 5) is 29.9. The Balaban J connectivity index is 1.19. The van der Waals surface area contributed by atoms with Crippen molar-refractivity contribution in [3.63, 3.8) is 0 Å². The van der Waals surface area contributed by atoms with Gasteiger partial charge in [-0.15, -0.1) is 10.2 Å². The molecule has 0 atom stereocenters. The van der Waals surface area contributed by atoms with Gasteiger partial charge in [-0.25, -0.2) is 18.1 Å². The third kappa shape index (κ3) is 4.80. The van der Waals surface area contributed by atoms with Gasteiger partial charge in [-0.2, -0.15) is 9.90 Å². The molecule has 5 heterocycles. The number of methoxy groups -OCH3 is 1. The molecular weight excluding hydrogens is 524 g/mol. The van der Waals surface area contributed by atoms with Gasteiger partial charge in [-0.05, 0) is 35.9 Å². The van der Waals surface area contributed by atoms with Gasteiger partial charge in [-0.3, -0.25) is 4.79 Å². The number of alkyl halides is 2. The van der Waals surface area contributed by atoms with Crippen LogP contribution in [0.5, 0.6) is 0 Å². The Morgan fingerprint density at radius 1 is 1.12 bits per heavy atom. The van der Waals surface area contributed by atoms with E-state index in [0.717, 1.165) is 11.3 Å². The fourth-order valence-corrected chi connectivity index (χ4v) is 4.89. The molecule has 208 valence electrons. The number of fused-ring (bicyclic) bond motifs is 1. The van der Waals surface area contributed by atoms with E-state index in [-0.39, 0.29) is 37.9 Å². The third-order valence-corrected chi connectivity index (χ3v) is 7.40. The van der Waals surface area contributed by atoms with Gasteiger partial charge in [0.2, 0.25) is 5.82 Å². The van der Waals surface area contributed by atoms with E-state index in [9.17, 15) is 18.4 Å². The van der Waals surface area contributed by atoms with Gasteiger partial charge in [-0.1, -0.05) is 12.1 Å². The maximum absolute atomic E-state index is 13.6. The Kier molecular flexibility index (Phi) is 6.31. The first-order valence-electron chi connectivity index (χ1n) is 12.9. The van der Waals surface area contributed by atoms with E-state index in [2.05, 4.69) is 25.8 Å². The van der Waals surface area contributed by atoms with Gasteiger partial charge in [0.25, 0.3) is 11.8 Å². The molecule has 4 aromatic rings. The molecule has 0 aliphatic carbocycles. The monoisotopic (exact) mass is 551 g/mol. The van der Waals surface area contributed by atoms with E-state index in [1.807, 2.05) is 30.0 Å². The van der Waals surface area contributed by atoms with Crippen LogP contribution in [0, 0.1) is 6.92 Å². The SMILES string of the molecule is COC(=O)N1CC(n2nnc(-c3ccc(C)c(NC(=O)c4cnn5ccc(N6CCC(F)(F)CC6)cc45)c3)n2)C1. The number of anilines is 2. The number of carbonyl (C=O) groups is 2. The van der Waals surface area contributed by atoms with E-state index in [4.69, 9.17) is 4.74 Å². The van der Waals surface area contributed by atoms with Gasteiger partial charge in [0, 0.05) is 49.1 Å². The molecule has 1 N–H and O–H groups in total. The average Bonchev–Trinajstić information content (AvgIpc) is 3.56. The Morgan fingerprint density at radius 2 is 1.90 bits per heavy atom. The van der Waals surface area contributed by atoms with Crippen LogP contribution in [-0.2, 0) is 4.74 Å². The normalized spacial score (nSPS) is 17.1.